The van der Waals surface area contributed by atoms with E-state index in [2.05, 4.69) is 22.9 Å². The van der Waals surface area contributed by atoms with Crippen LogP contribution in [0.1, 0.15) is 25.7 Å². The molecule has 0 saturated carbocycles. The van der Waals surface area contributed by atoms with Crippen molar-refractivity contribution in [1.29, 1.82) is 0 Å². The van der Waals surface area contributed by atoms with Crippen molar-refractivity contribution in [1.82, 2.24) is 0 Å². The molecule has 20 heavy (non-hydrogen) atoms. The number of hydrogen-bond donors (Lipinski definition) is 1. The Labute approximate surface area is 118 Å². The minimum atomic E-state index is -0.713. The zero-order chi connectivity index (χ0) is 14.4. The van der Waals surface area contributed by atoms with Gasteiger partial charge in [-0.3, -0.25) is 4.79 Å². The number of unbranched alkanes of at least 4 members (excludes halogenated alkanes) is 2. The molecule has 106 valence electrons. The Bertz CT molecular complexity index is 595. The average molecular weight is 274 g/mol. The quantitative estimate of drug-likeness (QED) is 0.624. The molecule has 0 aliphatic heterocycles. The molecule has 0 atom stereocenters. The monoisotopic (exact) mass is 274 g/mol. The first kappa shape index (κ1) is 14.3. The highest BCUT2D eigenvalue weighted by Crippen LogP contribution is 2.17. The fraction of sp³-hybridized carbons (Fsp3) is 0.375. The van der Waals surface area contributed by atoms with Crippen LogP contribution in [0.5, 0.6) is 5.75 Å². The van der Waals surface area contributed by atoms with E-state index in [1.54, 1.807) is 7.11 Å². The van der Waals surface area contributed by atoms with E-state index in [4.69, 9.17) is 9.84 Å². The molecule has 4 nitrogen and oxygen atoms in total. The molecule has 1 aromatic carbocycles. The van der Waals surface area contributed by atoms with Gasteiger partial charge in [0.05, 0.1) is 12.5 Å². The summed E-state index contributed by atoms with van der Waals surface area (Å²) in [7, 11) is 1.67. The number of hydrogen-bond acceptors (Lipinski definition) is 2. The van der Waals surface area contributed by atoms with Crippen molar-refractivity contribution < 1.29 is 19.2 Å². The van der Waals surface area contributed by atoms with E-state index in [0.717, 1.165) is 36.9 Å². The highest BCUT2D eigenvalue weighted by Gasteiger charge is 2.08. The largest absolute Gasteiger partial charge is 0.497 e. The first-order chi connectivity index (χ1) is 9.70. The number of carboxylic acid groups (broad SMARTS) is 1. The predicted molar refractivity (Wildman–Crippen MR) is 76.8 cm³/mol. The molecule has 0 bridgehead atoms. The van der Waals surface area contributed by atoms with Crippen molar-refractivity contribution in [3.05, 3.63) is 36.5 Å². The Morgan fingerprint density at radius 2 is 2.10 bits per heavy atom. The van der Waals surface area contributed by atoms with Gasteiger partial charge < -0.3 is 9.84 Å². The lowest BCUT2D eigenvalue weighted by Gasteiger charge is -2.03. The highest BCUT2D eigenvalue weighted by molar-refractivity contribution is 5.77. The van der Waals surface area contributed by atoms with Crippen molar-refractivity contribution in [3.63, 3.8) is 0 Å². The Hall–Kier alpha value is -2.10. The standard InChI is InChI=1S/C16H19NO3/c1-20-14-8-9-15-13(12-14)6-5-11-17(15)10-4-2-3-7-16(18)19/h5-6,8-9,11-12H,2-4,7,10H2,1H3/p+1. The maximum absolute atomic E-state index is 10.5. The lowest BCUT2D eigenvalue weighted by Crippen LogP contribution is -2.33. The summed E-state index contributed by atoms with van der Waals surface area (Å²) >= 11 is 0. The van der Waals surface area contributed by atoms with Crippen molar-refractivity contribution >= 4 is 16.9 Å². The number of aliphatic carboxylic acids is 1. The van der Waals surface area contributed by atoms with Crippen LogP contribution < -0.4 is 9.30 Å². The molecular formula is C16H20NO3+. The number of aryl methyl sites for hydroxylation is 1. The van der Waals surface area contributed by atoms with Crippen molar-refractivity contribution in [2.75, 3.05) is 7.11 Å². The van der Waals surface area contributed by atoms with E-state index < -0.39 is 5.97 Å². The molecule has 1 heterocycles. The molecule has 0 unspecified atom stereocenters. The molecular weight excluding hydrogens is 254 g/mol. The van der Waals surface area contributed by atoms with Gasteiger partial charge in [-0.1, -0.05) is 0 Å². The number of pyridine rings is 1. The maximum atomic E-state index is 10.5. The molecule has 2 aromatic rings. The van der Waals surface area contributed by atoms with Crippen molar-refractivity contribution in [3.8, 4) is 5.75 Å². The van der Waals surface area contributed by atoms with E-state index in [9.17, 15) is 4.79 Å². The summed E-state index contributed by atoms with van der Waals surface area (Å²) < 4.78 is 7.44. The Morgan fingerprint density at radius 1 is 1.25 bits per heavy atom. The van der Waals surface area contributed by atoms with Crippen LogP contribution in [-0.2, 0) is 11.3 Å². The number of rotatable bonds is 7. The van der Waals surface area contributed by atoms with Gasteiger partial charge in [0.1, 0.15) is 12.3 Å². The van der Waals surface area contributed by atoms with Gasteiger partial charge in [0.25, 0.3) is 0 Å². The summed E-state index contributed by atoms with van der Waals surface area (Å²) in [6, 6.07) is 10.1. The van der Waals surface area contributed by atoms with Crippen LogP contribution in [0.3, 0.4) is 0 Å². The van der Waals surface area contributed by atoms with E-state index in [1.165, 1.54) is 5.52 Å². The fourth-order valence-corrected chi connectivity index (χ4v) is 2.32. The molecule has 1 N–H and O–H groups in total. The number of nitrogens with zero attached hydrogens (tertiary/aromatic N) is 1. The van der Waals surface area contributed by atoms with Crippen LogP contribution in [-0.4, -0.2) is 18.2 Å². The van der Waals surface area contributed by atoms with E-state index in [-0.39, 0.29) is 6.42 Å². The molecule has 0 aliphatic rings. The van der Waals surface area contributed by atoms with Crippen LogP contribution >= 0.6 is 0 Å². The summed E-state index contributed by atoms with van der Waals surface area (Å²) in [5.74, 6) is 0.145. The van der Waals surface area contributed by atoms with Crippen LogP contribution in [0.25, 0.3) is 10.9 Å². The molecule has 1 aromatic heterocycles. The number of fused-ring (bicyclic) bond motifs is 1. The average Bonchev–Trinajstić information content (AvgIpc) is 2.46. The number of methoxy groups -OCH3 is 1. The number of aromatic nitrogens is 1. The fourth-order valence-electron chi connectivity index (χ4n) is 2.32. The zero-order valence-corrected chi connectivity index (χ0v) is 11.7. The summed E-state index contributed by atoms with van der Waals surface area (Å²) in [5.41, 5.74) is 1.17. The predicted octanol–water partition coefficient (Wildman–Crippen LogP) is 2.78. The second-order valence-electron chi connectivity index (χ2n) is 4.83. The SMILES string of the molecule is COc1ccc2c(ccc[n+]2CCCCCC(=O)O)c1. The molecule has 0 saturated heterocycles. The van der Waals surface area contributed by atoms with Crippen molar-refractivity contribution in [2.45, 2.75) is 32.2 Å². The van der Waals surface area contributed by atoms with E-state index in [0.29, 0.717) is 0 Å². The Kier molecular flexibility index (Phi) is 4.93. The minimum Gasteiger partial charge on any atom is -0.497 e. The number of carbonyl (C=O) groups is 1. The lowest BCUT2D eigenvalue weighted by atomic mass is 10.1. The second-order valence-corrected chi connectivity index (χ2v) is 4.83. The molecule has 0 spiro atoms. The molecule has 0 aliphatic carbocycles. The molecule has 0 amide bonds. The first-order valence-electron chi connectivity index (χ1n) is 6.89. The van der Waals surface area contributed by atoms with Gasteiger partial charge in [-0.2, -0.15) is 4.57 Å². The van der Waals surface area contributed by atoms with Gasteiger partial charge in [-0.15, -0.1) is 0 Å². The molecule has 4 heteroatoms. The van der Waals surface area contributed by atoms with Gasteiger partial charge in [-0.05, 0) is 31.0 Å². The van der Waals surface area contributed by atoms with Crippen molar-refractivity contribution in [2.24, 2.45) is 0 Å². The van der Waals surface area contributed by atoms with E-state index in [1.807, 2.05) is 18.2 Å². The third kappa shape index (κ3) is 3.70. The van der Waals surface area contributed by atoms with Gasteiger partial charge in [-0.25, -0.2) is 0 Å². The normalized spacial score (nSPS) is 10.7. The number of ether oxygens (including phenoxy) is 1. The zero-order valence-electron chi connectivity index (χ0n) is 11.7. The summed E-state index contributed by atoms with van der Waals surface area (Å²) in [5, 5.41) is 9.75. The molecule has 0 radical (unpaired) electrons. The van der Waals surface area contributed by atoms with Gasteiger partial charge in [0.15, 0.2) is 6.20 Å². The van der Waals surface area contributed by atoms with Crippen LogP contribution in [0.15, 0.2) is 36.5 Å². The second kappa shape index (κ2) is 6.89. The smallest absolute Gasteiger partial charge is 0.303 e. The van der Waals surface area contributed by atoms with Crippen LogP contribution in [0, 0.1) is 0 Å². The van der Waals surface area contributed by atoms with Gasteiger partial charge in [0.2, 0.25) is 5.52 Å². The van der Waals surface area contributed by atoms with Gasteiger partial charge >= 0.3 is 5.97 Å². The summed E-state index contributed by atoms with van der Waals surface area (Å²) in [4.78, 5) is 10.5. The molecule has 0 fully saturated rings. The van der Waals surface area contributed by atoms with Crippen LogP contribution in [0.4, 0.5) is 0 Å². The third-order valence-electron chi connectivity index (χ3n) is 3.38. The summed E-state index contributed by atoms with van der Waals surface area (Å²) in [6.07, 6.45) is 4.99. The number of benzene rings is 1. The first-order valence-corrected chi connectivity index (χ1v) is 6.89. The maximum Gasteiger partial charge on any atom is 0.303 e. The van der Waals surface area contributed by atoms with Gasteiger partial charge in [0, 0.05) is 25.0 Å². The summed E-state index contributed by atoms with van der Waals surface area (Å²) in [6.45, 7) is 0.906. The highest BCUT2D eigenvalue weighted by atomic mass is 16.5. The Morgan fingerprint density at radius 3 is 2.85 bits per heavy atom. The third-order valence-corrected chi connectivity index (χ3v) is 3.38. The molecule has 2 rings (SSSR count). The van der Waals surface area contributed by atoms with E-state index >= 15 is 0 Å². The Balaban J connectivity index is 2.01. The topological polar surface area (TPSA) is 50.4 Å². The lowest BCUT2D eigenvalue weighted by molar-refractivity contribution is -0.671. The van der Waals surface area contributed by atoms with Crippen LogP contribution in [0.2, 0.25) is 0 Å². The minimum absolute atomic E-state index is 0.261. The number of carboxylic acids is 1.